The Labute approximate surface area is 152 Å². The molecule has 1 atom stereocenters. The van der Waals surface area contributed by atoms with Crippen LogP contribution in [0.1, 0.15) is 18.5 Å². The van der Waals surface area contributed by atoms with Gasteiger partial charge in [-0.3, -0.25) is 0 Å². The second-order valence-corrected chi connectivity index (χ2v) is 7.56. The van der Waals surface area contributed by atoms with E-state index in [-0.39, 0.29) is 17.0 Å². The summed E-state index contributed by atoms with van der Waals surface area (Å²) < 4.78 is 22.5. The Morgan fingerprint density at radius 1 is 0.962 bits per heavy atom. The fourth-order valence-electron chi connectivity index (χ4n) is 2.65. The molecule has 0 saturated carbocycles. The zero-order chi connectivity index (χ0) is 18.7. The number of rotatable bonds is 4. The van der Waals surface area contributed by atoms with Crippen LogP contribution in [-0.4, -0.2) is 14.4 Å². The fraction of sp³-hybridized carbons (Fsp3) is 0.105. The minimum atomic E-state index is -3.75. The van der Waals surface area contributed by atoms with Gasteiger partial charge in [-0.15, -0.1) is 0 Å². The Balaban J connectivity index is 1.66. The molecule has 134 valence electrons. The second kappa shape index (κ2) is 7.15. The highest BCUT2D eigenvalue weighted by Crippen LogP contribution is 2.20. The summed E-state index contributed by atoms with van der Waals surface area (Å²) in [5.41, 5.74) is 1.46. The van der Waals surface area contributed by atoms with Gasteiger partial charge in [-0.25, -0.2) is 18.4 Å². The number of amides is 2. The predicted octanol–water partition coefficient (Wildman–Crippen LogP) is 3.37. The average Bonchev–Trinajstić information content (AvgIpc) is 2.61. The molecule has 0 saturated heterocycles. The Bertz CT molecular complexity index is 1050. The molecular formula is C19H19N3O3S. The number of carbonyl (C=O) groups excluding carboxylic acids is 1. The summed E-state index contributed by atoms with van der Waals surface area (Å²) in [7, 11) is -3.75. The summed E-state index contributed by atoms with van der Waals surface area (Å²) >= 11 is 0. The lowest BCUT2D eigenvalue weighted by molar-refractivity contribution is 0.249. The molecule has 26 heavy (non-hydrogen) atoms. The van der Waals surface area contributed by atoms with E-state index >= 15 is 0 Å². The molecule has 3 aromatic rings. The van der Waals surface area contributed by atoms with E-state index in [1.807, 2.05) is 49.4 Å². The van der Waals surface area contributed by atoms with Gasteiger partial charge in [0.15, 0.2) is 0 Å². The van der Waals surface area contributed by atoms with Gasteiger partial charge < -0.3 is 10.6 Å². The van der Waals surface area contributed by atoms with Crippen molar-refractivity contribution in [2.45, 2.75) is 17.9 Å². The van der Waals surface area contributed by atoms with Crippen molar-refractivity contribution in [3.63, 3.8) is 0 Å². The quantitative estimate of drug-likeness (QED) is 0.657. The van der Waals surface area contributed by atoms with Crippen LogP contribution in [0.2, 0.25) is 0 Å². The van der Waals surface area contributed by atoms with Gasteiger partial charge in [-0.2, -0.15) is 0 Å². The predicted molar refractivity (Wildman–Crippen MR) is 102 cm³/mol. The first-order valence-electron chi connectivity index (χ1n) is 8.02. The van der Waals surface area contributed by atoms with Crippen LogP contribution in [0, 0.1) is 0 Å². The first-order chi connectivity index (χ1) is 12.3. The summed E-state index contributed by atoms with van der Waals surface area (Å²) in [6.07, 6.45) is 0. The van der Waals surface area contributed by atoms with Crippen LogP contribution >= 0.6 is 0 Å². The zero-order valence-corrected chi connectivity index (χ0v) is 15.0. The second-order valence-electron chi connectivity index (χ2n) is 6.00. The van der Waals surface area contributed by atoms with E-state index in [2.05, 4.69) is 10.6 Å². The first-order valence-corrected chi connectivity index (χ1v) is 9.57. The lowest BCUT2D eigenvalue weighted by Gasteiger charge is -2.16. The van der Waals surface area contributed by atoms with Gasteiger partial charge in [-0.05, 0) is 53.6 Å². The van der Waals surface area contributed by atoms with Crippen molar-refractivity contribution < 1.29 is 13.2 Å². The molecule has 0 aliphatic heterocycles. The number of benzene rings is 3. The third-order valence-corrected chi connectivity index (χ3v) is 4.99. The normalized spacial score (nSPS) is 12.5. The molecule has 0 aromatic heterocycles. The van der Waals surface area contributed by atoms with Crippen molar-refractivity contribution in [2.24, 2.45) is 5.14 Å². The average molecular weight is 369 g/mol. The summed E-state index contributed by atoms with van der Waals surface area (Å²) in [6.45, 7) is 1.90. The topological polar surface area (TPSA) is 101 Å². The van der Waals surface area contributed by atoms with Gasteiger partial charge in [0, 0.05) is 5.69 Å². The maximum absolute atomic E-state index is 12.2. The minimum absolute atomic E-state index is 0.00649. The summed E-state index contributed by atoms with van der Waals surface area (Å²) in [6, 6.07) is 19.2. The molecule has 3 rings (SSSR count). The van der Waals surface area contributed by atoms with Crippen LogP contribution < -0.4 is 15.8 Å². The highest BCUT2D eigenvalue weighted by atomic mass is 32.2. The highest BCUT2D eigenvalue weighted by molar-refractivity contribution is 7.89. The third kappa shape index (κ3) is 4.19. The van der Waals surface area contributed by atoms with E-state index < -0.39 is 10.0 Å². The van der Waals surface area contributed by atoms with Gasteiger partial charge in [0.1, 0.15) is 0 Å². The van der Waals surface area contributed by atoms with E-state index in [1.54, 1.807) is 0 Å². The Morgan fingerprint density at radius 2 is 1.62 bits per heavy atom. The third-order valence-electron chi connectivity index (χ3n) is 4.06. The van der Waals surface area contributed by atoms with E-state index in [0.717, 1.165) is 16.3 Å². The molecule has 0 aliphatic rings. The van der Waals surface area contributed by atoms with Crippen molar-refractivity contribution in [1.29, 1.82) is 0 Å². The smallest absolute Gasteiger partial charge is 0.319 e. The Hall–Kier alpha value is -2.90. The van der Waals surface area contributed by atoms with E-state index in [0.29, 0.717) is 5.69 Å². The number of fused-ring (bicyclic) bond motifs is 1. The van der Waals surface area contributed by atoms with Crippen molar-refractivity contribution in [2.75, 3.05) is 5.32 Å². The van der Waals surface area contributed by atoms with E-state index in [4.69, 9.17) is 5.14 Å². The molecule has 0 heterocycles. The van der Waals surface area contributed by atoms with E-state index in [1.165, 1.54) is 24.3 Å². The fourth-order valence-corrected chi connectivity index (χ4v) is 3.17. The van der Waals surface area contributed by atoms with Gasteiger partial charge in [0.25, 0.3) is 0 Å². The van der Waals surface area contributed by atoms with Gasteiger partial charge in [-0.1, -0.05) is 36.4 Å². The lowest BCUT2D eigenvalue weighted by Crippen LogP contribution is -2.31. The lowest BCUT2D eigenvalue weighted by atomic mass is 10.0. The standard InChI is InChI=1S/C19H19N3O3S/c1-13(15-7-6-14-4-2-3-5-16(14)12-15)21-19(23)22-17-8-10-18(11-9-17)26(20,24)25/h2-13H,1H3,(H2,20,24,25)(H2,21,22,23). The Morgan fingerprint density at radius 3 is 2.27 bits per heavy atom. The zero-order valence-electron chi connectivity index (χ0n) is 14.1. The number of hydrogen-bond donors (Lipinski definition) is 3. The minimum Gasteiger partial charge on any atom is -0.331 e. The van der Waals surface area contributed by atoms with Crippen molar-refractivity contribution >= 4 is 32.5 Å². The van der Waals surface area contributed by atoms with Crippen molar-refractivity contribution in [1.82, 2.24) is 5.32 Å². The molecule has 4 N–H and O–H groups in total. The molecule has 0 spiro atoms. The highest BCUT2D eigenvalue weighted by Gasteiger charge is 2.11. The monoisotopic (exact) mass is 369 g/mol. The molecule has 6 nitrogen and oxygen atoms in total. The maximum Gasteiger partial charge on any atom is 0.319 e. The largest absolute Gasteiger partial charge is 0.331 e. The number of hydrogen-bond acceptors (Lipinski definition) is 3. The van der Waals surface area contributed by atoms with Crippen LogP contribution in [0.15, 0.2) is 71.6 Å². The molecule has 0 bridgehead atoms. The molecule has 1 unspecified atom stereocenters. The molecule has 0 aliphatic carbocycles. The molecule has 0 fully saturated rings. The van der Waals surface area contributed by atoms with Crippen molar-refractivity contribution in [3.8, 4) is 0 Å². The number of nitrogens with one attached hydrogen (secondary N) is 2. The van der Waals surface area contributed by atoms with Crippen molar-refractivity contribution in [3.05, 3.63) is 72.3 Å². The number of primary sulfonamides is 1. The summed E-state index contributed by atoms with van der Waals surface area (Å²) in [5, 5.41) is 12.8. The van der Waals surface area contributed by atoms with Crippen LogP contribution in [0.25, 0.3) is 10.8 Å². The SMILES string of the molecule is CC(NC(=O)Nc1ccc(S(N)(=O)=O)cc1)c1ccc2ccccc2c1. The van der Waals surface area contributed by atoms with Crippen LogP contribution in [0.5, 0.6) is 0 Å². The number of carbonyl (C=O) groups is 1. The summed E-state index contributed by atoms with van der Waals surface area (Å²) in [5.74, 6) is 0. The van der Waals surface area contributed by atoms with Crippen LogP contribution in [0.3, 0.4) is 0 Å². The van der Waals surface area contributed by atoms with Gasteiger partial charge in [0.05, 0.1) is 10.9 Å². The van der Waals surface area contributed by atoms with E-state index in [9.17, 15) is 13.2 Å². The van der Waals surface area contributed by atoms with Gasteiger partial charge in [0.2, 0.25) is 10.0 Å². The molecule has 0 radical (unpaired) electrons. The molecular weight excluding hydrogens is 350 g/mol. The molecule has 3 aromatic carbocycles. The number of anilines is 1. The number of urea groups is 1. The molecule has 7 heteroatoms. The van der Waals surface area contributed by atoms with Crippen LogP contribution in [-0.2, 0) is 10.0 Å². The van der Waals surface area contributed by atoms with Crippen LogP contribution in [0.4, 0.5) is 10.5 Å². The first kappa shape index (κ1) is 17.9. The molecule has 2 amide bonds. The Kier molecular flexibility index (Phi) is 4.92. The number of sulfonamides is 1. The summed E-state index contributed by atoms with van der Waals surface area (Å²) in [4.78, 5) is 12.2. The maximum atomic E-state index is 12.2. The van der Waals surface area contributed by atoms with Gasteiger partial charge >= 0.3 is 6.03 Å². The number of nitrogens with two attached hydrogens (primary N) is 1.